The number of amides is 1. The summed E-state index contributed by atoms with van der Waals surface area (Å²) < 4.78 is 17.2. The molecule has 0 aliphatic carbocycles. The van der Waals surface area contributed by atoms with Crippen molar-refractivity contribution in [3.63, 3.8) is 0 Å². The molecule has 4 aromatic rings. The van der Waals surface area contributed by atoms with Crippen LogP contribution in [-0.4, -0.2) is 31.0 Å². The first kappa shape index (κ1) is 21.3. The summed E-state index contributed by atoms with van der Waals surface area (Å²) in [5, 5.41) is 3.95. The van der Waals surface area contributed by atoms with Gasteiger partial charge in [-0.3, -0.25) is 9.69 Å². The van der Waals surface area contributed by atoms with Crippen molar-refractivity contribution < 1.29 is 18.4 Å². The van der Waals surface area contributed by atoms with E-state index >= 15 is 0 Å². The van der Waals surface area contributed by atoms with Crippen LogP contribution in [0.5, 0.6) is 5.75 Å². The Balaban J connectivity index is 1.62. The topological polar surface area (TPSA) is 67.8 Å². The van der Waals surface area contributed by atoms with E-state index in [0.717, 1.165) is 54.0 Å². The Kier molecular flexibility index (Phi) is 5.92. The van der Waals surface area contributed by atoms with E-state index in [1.54, 1.807) is 19.2 Å². The van der Waals surface area contributed by atoms with Crippen LogP contribution in [0.1, 0.15) is 47.7 Å². The standard InChI is InChI=1S/C27H28N2O4/c1-18-13-15-29(16-14-18)25(19-9-11-20(31-2)12-10-19)26-24(21-6-3-4-7-22(21)33-26)28-27(30)23-8-5-17-32-23/h3-12,17-18,25H,13-16H2,1-2H3,(H,28,30)/t25-/m0/s1. The Morgan fingerprint density at radius 2 is 1.82 bits per heavy atom. The maximum atomic E-state index is 13.0. The maximum absolute atomic E-state index is 13.0. The molecule has 1 aliphatic rings. The number of piperidine rings is 1. The van der Waals surface area contributed by atoms with Gasteiger partial charge >= 0.3 is 0 Å². The smallest absolute Gasteiger partial charge is 0.291 e. The van der Waals surface area contributed by atoms with Gasteiger partial charge in [0.2, 0.25) is 0 Å². The number of methoxy groups -OCH3 is 1. The minimum atomic E-state index is -0.298. The summed E-state index contributed by atoms with van der Waals surface area (Å²) >= 11 is 0. The number of rotatable bonds is 6. The maximum Gasteiger partial charge on any atom is 0.291 e. The van der Waals surface area contributed by atoms with Crippen molar-refractivity contribution in [2.24, 2.45) is 5.92 Å². The highest BCUT2D eigenvalue weighted by atomic mass is 16.5. The number of benzene rings is 2. The molecule has 1 fully saturated rings. The van der Waals surface area contributed by atoms with Crippen molar-refractivity contribution in [1.29, 1.82) is 0 Å². The van der Waals surface area contributed by atoms with E-state index in [1.165, 1.54) is 6.26 Å². The molecule has 0 bridgehead atoms. The lowest BCUT2D eigenvalue weighted by Gasteiger charge is -2.36. The third-order valence-corrected chi connectivity index (χ3v) is 6.47. The van der Waals surface area contributed by atoms with Gasteiger partial charge in [-0.25, -0.2) is 0 Å². The lowest BCUT2D eigenvalue weighted by atomic mass is 9.94. The second-order valence-electron chi connectivity index (χ2n) is 8.66. The van der Waals surface area contributed by atoms with Crippen LogP contribution >= 0.6 is 0 Å². The number of carbonyl (C=O) groups excluding carboxylic acids is 1. The largest absolute Gasteiger partial charge is 0.497 e. The minimum Gasteiger partial charge on any atom is -0.497 e. The fourth-order valence-corrected chi connectivity index (χ4v) is 4.57. The van der Waals surface area contributed by atoms with Crippen LogP contribution in [0.4, 0.5) is 5.69 Å². The molecular formula is C27H28N2O4. The van der Waals surface area contributed by atoms with E-state index in [4.69, 9.17) is 13.6 Å². The molecule has 2 aromatic heterocycles. The van der Waals surface area contributed by atoms with Gasteiger partial charge < -0.3 is 18.9 Å². The Hall–Kier alpha value is -3.51. The summed E-state index contributed by atoms with van der Waals surface area (Å²) in [4.78, 5) is 15.4. The average Bonchev–Trinajstić information content (AvgIpc) is 3.50. The number of para-hydroxylation sites is 1. The van der Waals surface area contributed by atoms with Gasteiger partial charge in [-0.1, -0.05) is 31.2 Å². The average molecular weight is 445 g/mol. The first-order chi connectivity index (χ1) is 16.1. The normalized spacial score (nSPS) is 16.1. The molecule has 0 radical (unpaired) electrons. The van der Waals surface area contributed by atoms with E-state index < -0.39 is 0 Å². The van der Waals surface area contributed by atoms with Crippen molar-refractivity contribution in [1.82, 2.24) is 4.90 Å². The highest BCUT2D eigenvalue weighted by Crippen LogP contribution is 2.42. The molecule has 3 heterocycles. The second kappa shape index (κ2) is 9.16. The Morgan fingerprint density at radius 1 is 1.06 bits per heavy atom. The fraction of sp³-hybridized carbons (Fsp3) is 0.296. The highest BCUT2D eigenvalue weighted by molar-refractivity contribution is 6.08. The number of hydrogen-bond acceptors (Lipinski definition) is 5. The number of furan rings is 2. The quantitative estimate of drug-likeness (QED) is 0.389. The monoisotopic (exact) mass is 444 g/mol. The third kappa shape index (κ3) is 4.26. The lowest BCUT2D eigenvalue weighted by Crippen LogP contribution is -2.37. The Labute approximate surface area is 193 Å². The van der Waals surface area contributed by atoms with Crippen LogP contribution in [0.25, 0.3) is 11.0 Å². The van der Waals surface area contributed by atoms with Gasteiger partial charge in [-0.15, -0.1) is 0 Å². The number of ether oxygens (including phenoxy) is 1. The zero-order chi connectivity index (χ0) is 22.8. The lowest BCUT2D eigenvalue weighted by molar-refractivity contribution is 0.0995. The van der Waals surface area contributed by atoms with Crippen LogP contribution in [-0.2, 0) is 0 Å². The predicted octanol–water partition coefficient (Wildman–Crippen LogP) is 6.11. The molecule has 1 N–H and O–H groups in total. The zero-order valence-corrected chi connectivity index (χ0v) is 18.9. The van der Waals surface area contributed by atoms with E-state index in [-0.39, 0.29) is 17.7 Å². The molecule has 6 nitrogen and oxygen atoms in total. The van der Waals surface area contributed by atoms with Crippen LogP contribution in [0, 0.1) is 5.92 Å². The minimum absolute atomic E-state index is 0.136. The van der Waals surface area contributed by atoms with Crippen molar-refractivity contribution >= 4 is 22.6 Å². The van der Waals surface area contributed by atoms with Gasteiger partial charge in [0.15, 0.2) is 5.76 Å². The molecule has 1 saturated heterocycles. The first-order valence-electron chi connectivity index (χ1n) is 11.4. The molecule has 5 rings (SSSR count). The van der Waals surface area contributed by atoms with Crippen LogP contribution in [0.2, 0.25) is 0 Å². The van der Waals surface area contributed by atoms with Crippen LogP contribution < -0.4 is 10.1 Å². The van der Waals surface area contributed by atoms with E-state index in [2.05, 4.69) is 29.3 Å². The molecule has 1 aliphatic heterocycles. The van der Waals surface area contributed by atoms with Crippen molar-refractivity contribution in [3.05, 3.63) is 84.0 Å². The molecule has 0 saturated carbocycles. The van der Waals surface area contributed by atoms with Gasteiger partial charge in [0.1, 0.15) is 17.1 Å². The molecule has 1 amide bonds. The summed E-state index contributed by atoms with van der Waals surface area (Å²) in [5.41, 5.74) is 2.52. The molecule has 170 valence electrons. The van der Waals surface area contributed by atoms with Crippen molar-refractivity contribution in [2.75, 3.05) is 25.5 Å². The number of likely N-dealkylation sites (tertiary alicyclic amines) is 1. The summed E-state index contributed by atoms with van der Waals surface area (Å²) in [6.45, 7) is 4.22. The van der Waals surface area contributed by atoms with Crippen LogP contribution in [0.15, 0.2) is 75.8 Å². The van der Waals surface area contributed by atoms with E-state index in [1.807, 2.05) is 36.4 Å². The summed E-state index contributed by atoms with van der Waals surface area (Å²) in [6, 6.07) is 19.1. The molecule has 1 atom stereocenters. The Bertz CT molecular complexity index is 1220. The van der Waals surface area contributed by atoms with Crippen LogP contribution in [0.3, 0.4) is 0 Å². The van der Waals surface area contributed by atoms with E-state index in [9.17, 15) is 4.79 Å². The number of fused-ring (bicyclic) bond motifs is 1. The summed E-state index contributed by atoms with van der Waals surface area (Å²) in [6.07, 6.45) is 3.75. The number of anilines is 1. The van der Waals surface area contributed by atoms with Gasteiger partial charge in [0, 0.05) is 5.39 Å². The summed E-state index contributed by atoms with van der Waals surface area (Å²) in [5.74, 6) is 2.20. The van der Waals surface area contributed by atoms with Gasteiger partial charge in [-0.05, 0) is 73.8 Å². The third-order valence-electron chi connectivity index (χ3n) is 6.47. The second-order valence-corrected chi connectivity index (χ2v) is 8.66. The fourth-order valence-electron chi connectivity index (χ4n) is 4.57. The van der Waals surface area contributed by atoms with Crippen molar-refractivity contribution in [2.45, 2.75) is 25.8 Å². The summed E-state index contributed by atoms with van der Waals surface area (Å²) in [7, 11) is 1.67. The number of hydrogen-bond donors (Lipinski definition) is 1. The molecule has 6 heteroatoms. The molecule has 0 unspecified atom stereocenters. The predicted molar refractivity (Wildman–Crippen MR) is 128 cm³/mol. The first-order valence-corrected chi connectivity index (χ1v) is 11.4. The molecule has 2 aromatic carbocycles. The highest BCUT2D eigenvalue weighted by Gasteiger charge is 2.32. The van der Waals surface area contributed by atoms with Gasteiger partial charge in [0.25, 0.3) is 5.91 Å². The van der Waals surface area contributed by atoms with Crippen molar-refractivity contribution in [3.8, 4) is 5.75 Å². The number of nitrogens with zero attached hydrogens (tertiary/aromatic N) is 1. The van der Waals surface area contributed by atoms with E-state index in [0.29, 0.717) is 11.6 Å². The number of nitrogens with one attached hydrogen (secondary N) is 1. The SMILES string of the molecule is COc1ccc([C@@H](c2oc3ccccc3c2NC(=O)c2ccco2)N2CCC(C)CC2)cc1. The molecular weight excluding hydrogens is 416 g/mol. The Morgan fingerprint density at radius 3 is 2.52 bits per heavy atom. The zero-order valence-electron chi connectivity index (χ0n) is 18.9. The number of carbonyl (C=O) groups is 1. The van der Waals surface area contributed by atoms with Gasteiger partial charge in [0.05, 0.1) is 25.1 Å². The van der Waals surface area contributed by atoms with Gasteiger partial charge in [-0.2, -0.15) is 0 Å². The molecule has 33 heavy (non-hydrogen) atoms. The molecule has 0 spiro atoms.